The SMILES string of the molecule is Nc1ccc(CCOC(=O)/C=C/c2ccc(OC(F)(F)c3ccc(OCCCCC(F)(F)F)cc3)cc2)c(N)c1. The van der Waals surface area contributed by atoms with E-state index in [0.717, 1.165) is 17.7 Å². The summed E-state index contributed by atoms with van der Waals surface area (Å²) in [5, 5.41) is 0. The van der Waals surface area contributed by atoms with E-state index in [0.29, 0.717) is 23.4 Å². The molecule has 0 aliphatic rings. The number of nitrogen functional groups attached to an aromatic ring is 2. The number of esters is 1. The largest absolute Gasteiger partial charge is 0.494 e. The van der Waals surface area contributed by atoms with Gasteiger partial charge in [-0.25, -0.2) is 4.79 Å². The third-order valence-corrected chi connectivity index (χ3v) is 5.64. The minimum absolute atomic E-state index is 0.0413. The second kappa shape index (κ2) is 13.7. The van der Waals surface area contributed by atoms with Crippen LogP contribution >= 0.6 is 0 Å². The van der Waals surface area contributed by atoms with Crippen molar-refractivity contribution in [2.75, 3.05) is 24.7 Å². The number of carbonyl (C=O) groups excluding carboxylic acids is 1. The smallest absolute Gasteiger partial charge is 0.426 e. The number of carbonyl (C=O) groups is 1. The van der Waals surface area contributed by atoms with Gasteiger partial charge in [0, 0.05) is 30.3 Å². The van der Waals surface area contributed by atoms with Gasteiger partial charge in [0.05, 0.1) is 18.8 Å². The number of ether oxygens (including phenoxy) is 3. The molecule has 0 aliphatic carbocycles. The van der Waals surface area contributed by atoms with Gasteiger partial charge in [-0.2, -0.15) is 22.0 Å². The van der Waals surface area contributed by atoms with E-state index >= 15 is 0 Å². The van der Waals surface area contributed by atoms with E-state index < -0.39 is 30.2 Å². The van der Waals surface area contributed by atoms with Crippen LogP contribution in [0.15, 0.2) is 72.8 Å². The van der Waals surface area contributed by atoms with E-state index in [2.05, 4.69) is 0 Å². The second-order valence-electron chi connectivity index (χ2n) is 8.84. The van der Waals surface area contributed by atoms with Crippen molar-refractivity contribution in [3.05, 3.63) is 89.5 Å². The highest BCUT2D eigenvalue weighted by Crippen LogP contribution is 2.33. The number of nitrogens with two attached hydrogens (primary N) is 2. The zero-order valence-electron chi connectivity index (χ0n) is 21.4. The zero-order chi connectivity index (χ0) is 29.2. The van der Waals surface area contributed by atoms with Crippen LogP contribution in [0.4, 0.5) is 33.3 Å². The van der Waals surface area contributed by atoms with Crippen LogP contribution in [0.5, 0.6) is 11.5 Å². The molecule has 3 aromatic carbocycles. The Morgan fingerprint density at radius 3 is 2.15 bits per heavy atom. The molecule has 0 heterocycles. The van der Waals surface area contributed by atoms with E-state index in [1.54, 1.807) is 18.2 Å². The third-order valence-electron chi connectivity index (χ3n) is 5.64. The van der Waals surface area contributed by atoms with Gasteiger partial charge in [0.2, 0.25) is 0 Å². The number of alkyl halides is 5. The van der Waals surface area contributed by atoms with E-state index in [1.165, 1.54) is 48.6 Å². The Morgan fingerprint density at radius 1 is 0.825 bits per heavy atom. The molecule has 0 saturated heterocycles. The fourth-order valence-electron chi connectivity index (χ4n) is 3.53. The average molecular weight is 565 g/mol. The van der Waals surface area contributed by atoms with Gasteiger partial charge in [0.15, 0.2) is 0 Å². The van der Waals surface area contributed by atoms with Crippen molar-refractivity contribution >= 4 is 23.4 Å². The maximum Gasteiger partial charge on any atom is 0.426 e. The monoisotopic (exact) mass is 564 g/mol. The molecule has 214 valence electrons. The molecule has 3 aromatic rings. The lowest BCUT2D eigenvalue weighted by Gasteiger charge is -2.18. The van der Waals surface area contributed by atoms with E-state index in [9.17, 15) is 26.7 Å². The highest BCUT2D eigenvalue weighted by molar-refractivity contribution is 5.87. The lowest BCUT2D eigenvalue weighted by Crippen LogP contribution is -2.21. The van der Waals surface area contributed by atoms with E-state index in [4.69, 9.17) is 25.7 Å². The first-order chi connectivity index (χ1) is 18.9. The molecule has 0 fully saturated rings. The Morgan fingerprint density at radius 2 is 1.50 bits per heavy atom. The predicted octanol–water partition coefficient (Wildman–Crippen LogP) is 6.89. The predicted molar refractivity (Wildman–Crippen MR) is 142 cm³/mol. The fourth-order valence-corrected chi connectivity index (χ4v) is 3.53. The van der Waals surface area contributed by atoms with Gasteiger partial charge in [-0.1, -0.05) is 18.2 Å². The summed E-state index contributed by atoms with van der Waals surface area (Å²) in [6, 6.07) is 15.6. The van der Waals surface area contributed by atoms with Crippen LogP contribution in [0.3, 0.4) is 0 Å². The molecule has 6 nitrogen and oxygen atoms in total. The molecule has 0 aromatic heterocycles. The number of rotatable bonds is 13. The van der Waals surface area contributed by atoms with E-state index in [1.807, 2.05) is 0 Å². The quantitative estimate of drug-likeness (QED) is 0.0772. The molecule has 0 amide bonds. The first kappa shape index (κ1) is 30.3. The van der Waals surface area contributed by atoms with Gasteiger partial charge in [-0.05, 0) is 78.6 Å². The van der Waals surface area contributed by atoms with Gasteiger partial charge in [-0.3, -0.25) is 0 Å². The molecule has 0 radical (unpaired) electrons. The molecule has 3 rings (SSSR count). The average Bonchev–Trinajstić information content (AvgIpc) is 2.89. The van der Waals surface area contributed by atoms with Crippen molar-refractivity contribution in [3.63, 3.8) is 0 Å². The van der Waals surface area contributed by atoms with Crippen LogP contribution < -0.4 is 20.9 Å². The van der Waals surface area contributed by atoms with Crippen molar-refractivity contribution in [3.8, 4) is 11.5 Å². The Hall–Kier alpha value is -4.28. The van der Waals surface area contributed by atoms with Crippen LogP contribution in [0.25, 0.3) is 6.08 Å². The number of anilines is 2. The van der Waals surface area contributed by atoms with Crippen LogP contribution in [-0.2, 0) is 22.1 Å². The van der Waals surface area contributed by atoms with Gasteiger partial charge in [-0.15, -0.1) is 0 Å². The highest BCUT2D eigenvalue weighted by atomic mass is 19.4. The van der Waals surface area contributed by atoms with Crippen molar-refractivity contribution in [1.29, 1.82) is 0 Å². The number of hydrogen-bond donors (Lipinski definition) is 2. The summed E-state index contributed by atoms with van der Waals surface area (Å²) in [7, 11) is 0. The van der Waals surface area contributed by atoms with Crippen LogP contribution in [0.2, 0.25) is 0 Å². The van der Waals surface area contributed by atoms with Gasteiger partial charge in [0.1, 0.15) is 11.5 Å². The summed E-state index contributed by atoms with van der Waals surface area (Å²) in [6.07, 6.45) is -5.53. The summed E-state index contributed by atoms with van der Waals surface area (Å²) in [5.74, 6) is -0.416. The van der Waals surface area contributed by atoms with Crippen molar-refractivity contribution in [2.24, 2.45) is 0 Å². The molecule has 4 N–H and O–H groups in total. The molecule has 0 spiro atoms. The molecule has 0 saturated carbocycles. The summed E-state index contributed by atoms with van der Waals surface area (Å²) in [6.45, 7) is 0.161. The highest BCUT2D eigenvalue weighted by Gasteiger charge is 2.34. The van der Waals surface area contributed by atoms with Crippen LogP contribution in [0.1, 0.15) is 36.0 Å². The Labute approximate surface area is 228 Å². The Kier molecular flexibility index (Phi) is 10.4. The minimum Gasteiger partial charge on any atom is -0.494 e. The van der Waals surface area contributed by atoms with E-state index in [-0.39, 0.29) is 37.6 Å². The molecule has 0 unspecified atom stereocenters. The molecule has 0 bridgehead atoms. The lowest BCUT2D eigenvalue weighted by molar-refractivity contribution is -0.185. The number of unbranched alkanes of at least 4 members (excludes halogenated alkanes) is 1. The normalized spacial score (nSPS) is 11.9. The molecular formula is C29H29F5N2O4. The summed E-state index contributed by atoms with van der Waals surface area (Å²) in [4.78, 5) is 12.0. The van der Waals surface area contributed by atoms with Gasteiger partial charge < -0.3 is 25.7 Å². The standard InChI is InChI=1S/C29H29F5N2O4/c30-28(31,32)16-1-2-17-38-24-12-7-22(8-13-24)29(33,34)40-25-10-3-20(4-11-25)5-14-27(37)39-18-15-21-6-9-23(35)19-26(21)36/h3-14,19H,1-2,15-18,35-36H2/b14-5+. The first-order valence-electron chi connectivity index (χ1n) is 12.4. The number of hydrogen-bond acceptors (Lipinski definition) is 6. The Bertz CT molecular complexity index is 1280. The van der Waals surface area contributed by atoms with Crippen molar-refractivity contribution < 1.29 is 41.0 Å². The Balaban J connectivity index is 1.44. The summed E-state index contributed by atoms with van der Waals surface area (Å²) >= 11 is 0. The number of halogens is 5. The second-order valence-corrected chi connectivity index (χ2v) is 8.84. The zero-order valence-corrected chi connectivity index (χ0v) is 21.4. The molecular weight excluding hydrogens is 535 g/mol. The molecule has 11 heteroatoms. The van der Waals surface area contributed by atoms with Crippen molar-refractivity contribution in [2.45, 2.75) is 38.0 Å². The summed E-state index contributed by atoms with van der Waals surface area (Å²) < 4.78 is 81.0. The third kappa shape index (κ3) is 10.1. The molecule has 0 atom stereocenters. The topological polar surface area (TPSA) is 96.8 Å². The fraction of sp³-hybridized carbons (Fsp3) is 0.276. The van der Waals surface area contributed by atoms with Crippen LogP contribution in [-0.4, -0.2) is 25.4 Å². The molecule has 0 aliphatic heterocycles. The maximum absolute atomic E-state index is 14.6. The van der Waals surface area contributed by atoms with Crippen LogP contribution in [0, 0.1) is 0 Å². The van der Waals surface area contributed by atoms with Crippen molar-refractivity contribution in [1.82, 2.24) is 0 Å². The first-order valence-corrected chi connectivity index (χ1v) is 12.4. The number of benzene rings is 3. The van der Waals surface area contributed by atoms with Gasteiger partial charge in [0.25, 0.3) is 0 Å². The maximum atomic E-state index is 14.6. The summed E-state index contributed by atoms with van der Waals surface area (Å²) in [5.41, 5.74) is 13.5. The molecule has 40 heavy (non-hydrogen) atoms. The lowest BCUT2D eigenvalue weighted by atomic mass is 10.1. The minimum atomic E-state index is -4.21. The van der Waals surface area contributed by atoms with Gasteiger partial charge >= 0.3 is 18.3 Å².